The molecule has 0 fully saturated rings. The van der Waals surface area contributed by atoms with E-state index in [9.17, 15) is 0 Å². The highest BCUT2D eigenvalue weighted by Gasteiger charge is 1.86. The molecule has 9 heavy (non-hydrogen) atoms. The van der Waals surface area contributed by atoms with Crippen LogP contribution in [0.25, 0.3) is 0 Å². The number of hydrogen-bond donors (Lipinski definition) is 1. The van der Waals surface area contributed by atoms with E-state index in [-0.39, 0.29) is 0 Å². The van der Waals surface area contributed by atoms with Gasteiger partial charge in [0.2, 0.25) is 0 Å². The normalized spacial score (nSPS) is 8.44. The first kappa shape index (κ1) is 8.99. The predicted molar refractivity (Wildman–Crippen MR) is 24.3 cm³/mol. The molecule has 0 aromatic carbocycles. The standard InChI is InChI=1S/C3H3NS.BrHO3/c1-2-5-3-4-1;2-1(3)4/h1-3H;2H. The molecule has 1 N–H and O–H groups in total. The molecular formula is C3H4BrNO3S. The van der Waals surface area contributed by atoms with Gasteiger partial charge in [0.25, 0.3) is 0 Å². The molecule has 0 saturated carbocycles. The molecule has 1 rings (SSSR count). The number of rotatable bonds is 0. The molecule has 0 aliphatic rings. The van der Waals surface area contributed by atoms with Gasteiger partial charge in [-0.25, -0.2) is 0 Å². The smallest absolute Gasteiger partial charge is 0.372 e. The molecule has 0 saturated heterocycles. The van der Waals surface area contributed by atoms with Crippen molar-refractivity contribution < 1.29 is 27.4 Å². The zero-order valence-corrected chi connectivity index (χ0v) is 6.63. The van der Waals surface area contributed by atoms with Gasteiger partial charge in [-0.05, 0) is 4.20 Å². The maximum Gasteiger partial charge on any atom is 0.433 e. The maximum absolute atomic E-state index is 8.63. The Kier molecular flexibility index (Phi) is 6.11. The molecule has 4 nitrogen and oxygen atoms in total. The molecule has 0 aliphatic heterocycles. The molecular weight excluding hydrogens is 210 g/mol. The van der Waals surface area contributed by atoms with E-state index in [1.54, 1.807) is 23.0 Å². The molecule has 0 radical (unpaired) electrons. The topological polar surface area (TPSA) is 79.2 Å². The van der Waals surface area contributed by atoms with E-state index in [0.717, 1.165) is 0 Å². The molecule has 52 valence electrons. The summed E-state index contributed by atoms with van der Waals surface area (Å²) in [4.78, 5) is 3.74. The molecule has 0 atom stereocenters. The van der Waals surface area contributed by atoms with E-state index in [0.29, 0.717) is 0 Å². The van der Waals surface area contributed by atoms with Gasteiger partial charge in [-0.1, -0.05) is 0 Å². The van der Waals surface area contributed by atoms with Gasteiger partial charge in [0, 0.05) is 11.6 Å². The maximum atomic E-state index is 8.63. The second kappa shape index (κ2) is 6.12. The summed E-state index contributed by atoms with van der Waals surface area (Å²) >= 11 is -1.79. The number of thiazole rings is 1. The van der Waals surface area contributed by atoms with Crippen molar-refractivity contribution in [2.24, 2.45) is 0 Å². The lowest BCUT2D eigenvalue weighted by molar-refractivity contribution is -1.63. The molecule has 6 heteroatoms. The van der Waals surface area contributed by atoms with Crippen molar-refractivity contribution in [1.82, 2.24) is 4.98 Å². The van der Waals surface area contributed by atoms with E-state index in [1.165, 1.54) is 0 Å². The average Bonchev–Trinajstić information content (AvgIpc) is 2.11. The van der Waals surface area contributed by atoms with Crippen LogP contribution < -0.4 is 8.40 Å². The Morgan fingerprint density at radius 1 is 1.56 bits per heavy atom. The van der Waals surface area contributed by atoms with Crippen LogP contribution in [0.1, 0.15) is 0 Å². The summed E-state index contributed by atoms with van der Waals surface area (Å²) in [6, 6.07) is 0. The van der Waals surface area contributed by atoms with Crippen molar-refractivity contribution in [3.63, 3.8) is 0 Å². The third-order valence-electron chi connectivity index (χ3n) is 0.347. The Labute approximate surface area is 61.2 Å². The summed E-state index contributed by atoms with van der Waals surface area (Å²) in [6.45, 7) is 0. The molecule has 0 unspecified atom stereocenters. The van der Waals surface area contributed by atoms with Crippen molar-refractivity contribution in [2.75, 3.05) is 0 Å². The monoisotopic (exact) mass is 213 g/mol. The summed E-state index contributed by atoms with van der Waals surface area (Å²) in [6.07, 6.45) is 1.77. The highest BCUT2D eigenvalue weighted by Crippen LogP contribution is 1.85. The first-order valence-corrected chi connectivity index (χ1v) is 4.75. The van der Waals surface area contributed by atoms with Gasteiger partial charge in [-0.15, -0.1) is 11.3 Å². The lowest BCUT2D eigenvalue weighted by Crippen LogP contribution is -2.30. The van der Waals surface area contributed by atoms with Gasteiger partial charge >= 0.3 is 14.8 Å². The third kappa shape index (κ3) is 11.5. The van der Waals surface area contributed by atoms with Crippen LogP contribution in [0.2, 0.25) is 0 Å². The molecule has 0 bridgehead atoms. The fourth-order valence-electron chi connectivity index (χ4n) is 0.176. The molecule has 0 amide bonds. The highest BCUT2D eigenvalue weighted by atomic mass is 80.0. The number of nitrogens with zero attached hydrogens (tertiary/aromatic N) is 1. The van der Waals surface area contributed by atoms with Crippen LogP contribution in [0.15, 0.2) is 17.1 Å². The molecule has 1 heterocycles. The van der Waals surface area contributed by atoms with Crippen LogP contribution in [-0.4, -0.2) is 9.18 Å². The first-order chi connectivity index (χ1) is 4.23. The molecule has 1 aromatic rings. The molecule has 0 spiro atoms. The van der Waals surface area contributed by atoms with E-state index in [4.69, 9.17) is 12.6 Å². The summed E-state index contributed by atoms with van der Waals surface area (Å²) < 4.78 is 24.3. The minimum atomic E-state index is -3.40. The van der Waals surface area contributed by atoms with Crippen LogP contribution in [0.3, 0.4) is 0 Å². The lowest BCUT2D eigenvalue weighted by atomic mass is 11.0. The fraction of sp³-hybridized carbons (Fsp3) is 0. The van der Waals surface area contributed by atoms with Gasteiger partial charge in [-0.2, -0.15) is 0 Å². The third-order valence-corrected chi connectivity index (χ3v) is 0.869. The Morgan fingerprint density at radius 2 is 2.11 bits per heavy atom. The first-order valence-electron chi connectivity index (χ1n) is 1.80. The zero-order valence-electron chi connectivity index (χ0n) is 4.23. The van der Waals surface area contributed by atoms with Crippen LogP contribution >= 0.6 is 11.3 Å². The quantitative estimate of drug-likeness (QED) is 0.553. The van der Waals surface area contributed by atoms with E-state index < -0.39 is 14.8 Å². The average molecular weight is 214 g/mol. The van der Waals surface area contributed by atoms with Gasteiger partial charge in [0.1, 0.15) is 0 Å². The molecule has 0 aliphatic carbocycles. The predicted octanol–water partition coefficient (Wildman–Crippen LogP) is -1.79. The molecule has 1 aromatic heterocycles. The Morgan fingerprint density at radius 3 is 2.22 bits per heavy atom. The zero-order chi connectivity index (χ0) is 7.11. The minimum absolute atomic E-state index is 1.60. The van der Waals surface area contributed by atoms with Gasteiger partial charge < -0.3 is 8.40 Å². The van der Waals surface area contributed by atoms with Crippen LogP contribution in [0.5, 0.6) is 0 Å². The Bertz CT molecular complexity index is 103. The van der Waals surface area contributed by atoms with Crippen LogP contribution in [-0.2, 0) is 0 Å². The number of aromatic nitrogens is 1. The van der Waals surface area contributed by atoms with E-state index in [1.807, 2.05) is 5.38 Å². The lowest BCUT2D eigenvalue weighted by Gasteiger charge is -1.69. The summed E-state index contributed by atoms with van der Waals surface area (Å²) in [7, 11) is 0. The minimum Gasteiger partial charge on any atom is -0.372 e. The van der Waals surface area contributed by atoms with Crippen molar-refractivity contribution in [3.8, 4) is 0 Å². The SMILES string of the molecule is [O-][Br+2]([O-])O.c1cscn1. The Balaban J connectivity index is 0.000000148. The number of halogens is 1. The highest BCUT2D eigenvalue weighted by molar-refractivity contribution is 7.07. The van der Waals surface area contributed by atoms with E-state index in [2.05, 4.69) is 4.98 Å². The fourth-order valence-corrected chi connectivity index (χ4v) is 0.527. The van der Waals surface area contributed by atoms with Crippen LogP contribution in [0, 0.1) is 14.8 Å². The second-order valence-corrected chi connectivity index (χ2v) is 2.48. The summed E-state index contributed by atoms with van der Waals surface area (Å²) in [5.74, 6) is 0. The second-order valence-electron chi connectivity index (χ2n) is 0.877. The largest absolute Gasteiger partial charge is 0.433 e. The van der Waals surface area contributed by atoms with Gasteiger partial charge in [-0.3, -0.25) is 4.98 Å². The van der Waals surface area contributed by atoms with E-state index >= 15 is 0 Å². The van der Waals surface area contributed by atoms with Crippen LogP contribution in [0.4, 0.5) is 0 Å². The number of hydrogen-bond acceptors (Lipinski definition) is 5. The van der Waals surface area contributed by atoms with Crippen molar-refractivity contribution in [3.05, 3.63) is 17.1 Å². The van der Waals surface area contributed by atoms with Gasteiger partial charge in [0.05, 0.1) is 5.51 Å². The summed E-state index contributed by atoms with van der Waals surface area (Å²) in [5, 5.41) is 1.93. The van der Waals surface area contributed by atoms with Crippen molar-refractivity contribution in [1.29, 1.82) is 0 Å². The summed E-state index contributed by atoms with van der Waals surface area (Å²) in [5.41, 5.74) is 1.79. The van der Waals surface area contributed by atoms with Crippen molar-refractivity contribution >= 4 is 11.3 Å². The Hall–Kier alpha value is -0.01000. The van der Waals surface area contributed by atoms with Gasteiger partial charge in [0.15, 0.2) is 0 Å². The van der Waals surface area contributed by atoms with Crippen molar-refractivity contribution in [2.45, 2.75) is 0 Å².